The van der Waals surface area contributed by atoms with E-state index in [0.717, 1.165) is 5.56 Å². The van der Waals surface area contributed by atoms with E-state index in [1.165, 1.54) is 0 Å². The van der Waals surface area contributed by atoms with Crippen LogP contribution in [0.2, 0.25) is 5.02 Å². The van der Waals surface area contributed by atoms with Crippen molar-refractivity contribution < 1.29 is 9.53 Å². The third-order valence-corrected chi connectivity index (χ3v) is 4.26. The monoisotopic (exact) mass is 381 g/mol. The first-order chi connectivity index (χ1) is 13.2. The van der Waals surface area contributed by atoms with Crippen molar-refractivity contribution >= 4 is 29.4 Å². The second kappa shape index (κ2) is 7.59. The molecule has 7 nitrogen and oxygen atoms in total. The van der Waals surface area contributed by atoms with Crippen molar-refractivity contribution in [1.29, 1.82) is 0 Å². The molecule has 4 rings (SSSR count). The molecule has 136 valence electrons. The highest BCUT2D eigenvalue weighted by molar-refractivity contribution is 6.30. The van der Waals surface area contributed by atoms with Crippen LogP contribution in [0.4, 0.5) is 16.6 Å². The number of hydrogen-bond acceptors (Lipinski definition) is 5. The number of fused-ring (bicyclic) bond motifs is 1. The Morgan fingerprint density at radius 2 is 2.00 bits per heavy atom. The Balaban J connectivity index is 1.69. The van der Waals surface area contributed by atoms with E-state index in [4.69, 9.17) is 16.3 Å². The fourth-order valence-electron chi connectivity index (χ4n) is 2.79. The summed E-state index contributed by atoms with van der Waals surface area (Å²) in [7, 11) is 0. The third-order valence-electron chi connectivity index (χ3n) is 4.03. The van der Waals surface area contributed by atoms with Crippen molar-refractivity contribution in [3.63, 3.8) is 0 Å². The fraction of sp³-hybridized carbons (Fsp3) is 0.158. The lowest BCUT2D eigenvalue weighted by atomic mass is 10.1. The minimum atomic E-state index is -0.358. The molecule has 1 aliphatic heterocycles. The molecule has 0 saturated carbocycles. The molecule has 8 heteroatoms. The highest BCUT2D eigenvalue weighted by atomic mass is 35.5. The number of carbonyl (C=O) groups is 1. The number of rotatable bonds is 2. The minimum Gasteiger partial charge on any atom is -0.490 e. The van der Waals surface area contributed by atoms with Crippen molar-refractivity contribution in [2.75, 3.05) is 23.4 Å². The largest absolute Gasteiger partial charge is 0.490 e. The van der Waals surface area contributed by atoms with E-state index >= 15 is 0 Å². The summed E-state index contributed by atoms with van der Waals surface area (Å²) >= 11 is 6.09. The summed E-state index contributed by atoms with van der Waals surface area (Å²) in [6.07, 6.45) is 3.82. The summed E-state index contributed by atoms with van der Waals surface area (Å²) in [5.74, 6) is 1.25. The Bertz CT molecular complexity index is 967. The highest BCUT2D eigenvalue weighted by Crippen LogP contribution is 2.33. The van der Waals surface area contributed by atoms with Gasteiger partial charge in [0.25, 0.3) is 0 Å². The van der Waals surface area contributed by atoms with Gasteiger partial charge in [0.05, 0.1) is 12.3 Å². The topological polar surface area (TPSA) is 80.2 Å². The molecular weight excluding hydrogens is 366 g/mol. The predicted molar refractivity (Wildman–Crippen MR) is 103 cm³/mol. The molecule has 2 aromatic heterocycles. The van der Waals surface area contributed by atoms with Gasteiger partial charge in [0, 0.05) is 29.5 Å². The normalized spacial score (nSPS) is 13.3. The SMILES string of the molecule is O=C(Nc1ncccn1)N1CCCOc2ccc(-c3cccc(Cl)c3)nc21. The van der Waals surface area contributed by atoms with Crippen LogP contribution in [0.3, 0.4) is 0 Å². The number of hydrogen-bond donors (Lipinski definition) is 1. The summed E-state index contributed by atoms with van der Waals surface area (Å²) in [6, 6.07) is 12.4. The molecule has 0 radical (unpaired) electrons. The quantitative estimate of drug-likeness (QED) is 0.725. The zero-order chi connectivity index (χ0) is 18.6. The van der Waals surface area contributed by atoms with Crippen LogP contribution < -0.4 is 15.0 Å². The van der Waals surface area contributed by atoms with Crippen molar-refractivity contribution in [2.45, 2.75) is 6.42 Å². The standard InChI is InChI=1S/C19H16ClN5O2/c20-14-5-1-4-13(12-14)15-6-7-16-17(23-15)25(10-3-11-27-16)19(26)24-18-21-8-2-9-22-18/h1-2,4-9,12H,3,10-11H2,(H,21,22,24,26). The van der Waals surface area contributed by atoms with Crippen molar-refractivity contribution in [1.82, 2.24) is 15.0 Å². The summed E-state index contributed by atoms with van der Waals surface area (Å²) in [5, 5.41) is 3.32. The average Bonchev–Trinajstić information content (AvgIpc) is 2.90. The second-order valence-electron chi connectivity index (χ2n) is 5.88. The smallest absolute Gasteiger partial charge is 0.329 e. The number of benzene rings is 1. The average molecular weight is 382 g/mol. The van der Waals surface area contributed by atoms with Crippen LogP contribution in [-0.4, -0.2) is 34.1 Å². The molecule has 0 bridgehead atoms. The third kappa shape index (κ3) is 3.83. The first kappa shape index (κ1) is 17.2. The maximum absolute atomic E-state index is 12.8. The van der Waals surface area contributed by atoms with Gasteiger partial charge in [-0.1, -0.05) is 23.7 Å². The van der Waals surface area contributed by atoms with Gasteiger partial charge in [-0.2, -0.15) is 0 Å². The van der Waals surface area contributed by atoms with Crippen LogP contribution in [0.25, 0.3) is 11.3 Å². The summed E-state index contributed by atoms with van der Waals surface area (Å²) in [4.78, 5) is 27.1. The number of halogens is 1. The zero-order valence-corrected chi connectivity index (χ0v) is 15.1. The fourth-order valence-corrected chi connectivity index (χ4v) is 2.98. The number of nitrogens with one attached hydrogen (secondary N) is 1. The van der Waals surface area contributed by atoms with Crippen LogP contribution in [0.5, 0.6) is 5.75 Å². The van der Waals surface area contributed by atoms with Crippen LogP contribution in [0, 0.1) is 0 Å². The molecule has 2 amide bonds. The van der Waals surface area contributed by atoms with Crippen LogP contribution in [0.1, 0.15) is 6.42 Å². The second-order valence-corrected chi connectivity index (χ2v) is 6.32. The molecule has 0 unspecified atom stereocenters. The molecule has 1 aliphatic rings. The van der Waals surface area contributed by atoms with E-state index in [0.29, 0.717) is 41.9 Å². The Hall–Kier alpha value is -3.19. The van der Waals surface area contributed by atoms with Gasteiger partial charge in [-0.25, -0.2) is 19.7 Å². The van der Waals surface area contributed by atoms with E-state index in [1.807, 2.05) is 30.3 Å². The van der Waals surface area contributed by atoms with Gasteiger partial charge in [0.2, 0.25) is 5.95 Å². The minimum absolute atomic E-state index is 0.236. The summed E-state index contributed by atoms with van der Waals surface area (Å²) < 4.78 is 5.75. The van der Waals surface area contributed by atoms with Gasteiger partial charge < -0.3 is 4.74 Å². The van der Waals surface area contributed by atoms with Crippen molar-refractivity contribution in [3.05, 3.63) is 59.9 Å². The van der Waals surface area contributed by atoms with E-state index in [-0.39, 0.29) is 12.0 Å². The van der Waals surface area contributed by atoms with Crippen molar-refractivity contribution in [2.24, 2.45) is 0 Å². The molecule has 0 saturated heterocycles. The van der Waals surface area contributed by atoms with E-state index in [1.54, 1.807) is 29.4 Å². The molecule has 0 spiro atoms. The maximum atomic E-state index is 12.8. The number of pyridine rings is 1. The van der Waals surface area contributed by atoms with Crippen LogP contribution in [-0.2, 0) is 0 Å². The molecule has 0 aliphatic carbocycles. The number of anilines is 2. The van der Waals surface area contributed by atoms with Gasteiger partial charge in [-0.05, 0) is 36.8 Å². The Morgan fingerprint density at radius 1 is 1.15 bits per heavy atom. The summed E-state index contributed by atoms with van der Waals surface area (Å²) in [5.41, 5.74) is 1.57. The summed E-state index contributed by atoms with van der Waals surface area (Å²) in [6.45, 7) is 0.981. The van der Waals surface area contributed by atoms with E-state index in [9.17, 15) is 4.79 Å². The van der Waals surface area contributed by atoms with Gasteiger partial charge in [0.15, 0.2) is 11.6 Å². The number of aromatic nitrogens is 3. The Labute approximate surface area is 161 Å². The number of ether oxygens (including phenoxy) is 1. The van der Waals surface area contributed by atoms with Gasteiger partial charge in [0.1, 0.15) is 0 Å². The molecule has 0 fully saturated rings. The molecule has 3 heterocycles. The van der Waals surface area contributed by atoms with Gasteiger partial charge in [-0.3, -0.25) is 10.2 Å². The predicted octanol–water partition coefficient (Wildman–Crippen LogP) is 4.01. The van der Waals surface area contributed by atoms with E-state index in [2.05, 4.69) is 20.3 Å². The van der Waals surface area contributed by atoms with Gasteiger partial charge >= 0.3 is 6.03 Å². The van der Waals surface area contributed by atoms with Crippen LogP contribution in [0.15, 0.2) is 54.9 Å². The molecular formula is C19H16ClN5O2. The Morgan fingerprint density at radius 3 is 2.81 bits per heavy atom. The first-order valence-electron chi connectivity index (χ1n) is 8.46. The lowest BCUT2D eigenvalue weighted by molar-refractivity contribution is 0.256. The first-order valence-corrected chi connectivity index (χ1v) is 8.84. The molecule has 27 heavy (non-hydrogen) atoms. The number of amides is 2. The van der Waals surface area contributed by atoms with E-state index < -0.39 is 0 Å². The molecule has 0 atom stereocenters. The van der Waals surface area contributed by atoms with Crippen molar-refractivity contribution in [3.8, 4) is 17.0 Å². The Kier molecular flexibility index (Phi) is 4.84. The van der Waals surface area contributed by atoms with Crippen LogP contribution >= 0.6 is 11.6 Å². The lowest BCUT2D eigenvalue weighted by Gasteiger charge is -2.21. The molecule has 1 N–H and O–H groups in total. The highest BCUT2D eigenvalue weighted by Gasteiger charge is 2.25. The zero-order valence-electron chi connectivity index (χ0n) is 14.3. The molecule has 3 aromatic rings. The van der Waals surface area contributed by atoms with Gasteiger partial charge in [-0.15, -0.1) is 0 Å². The number of urea groups is 1. The molecule has 1 aromatic carbocycles. The number of carbonyl (C=O) groups excluding carboxylic acids is 1. The lowest BCUT2D eigenvalue weighted by Crippen LogP contribution is -2.36. The number of nitrogens with zero attached hydrogens (tertiary/aromatic N) is 4. The maximum Gasteiger partial charge on any atom is 0.329 e.